The number of thioether (sulfide) groups is 1. The lowest BCUT2D eigenvalue weighted by molar-refractivity contribution is -0.130. The molecule has 0 saturated carbocycles. The molecule has 3 aromatic rings. The van der Waals surface area contributed by atoms with Crippen molar-refractivity contribution in [3.8, 4) is 17.0 Å². The Bertz CT molecular complexity index is 1260. The minimum absolute atomic E-state index is 0.152. The topological polar surface area (TPSA) is 43.7 Å². The summed E-state index contributed by atoms with van der Waals surface area (Å²) in [6, 6.07) is 14.7. The van der Waals surface area contributed by atoms with Gasteiger partial charge in [0.15, 0.2) is 8.32 Å². The summed E-state index contributed by atoms with van der Waals surface area (Å²) in [6.07, 6.45) is 0. The number of hydrogen-bond acceptors (Lipinski definition) is 4. The second-order valence-electron chi connectivity index (χ2n) is 10.9. The molecule has 1 aliphatic heterocycles. The Hall–Kier alpha value is -2.22. The van der Waals surface area contributed by atoms with Crippen LogP contribution in [0, 0.1) is 0 Å². The molecule has 1 aliphatic rings. The van der Waals surface area contributed by atoms with Gasteiger partial charge >= 0.3 is 0 Å². The van der Waals surface area contributed by atoms with E-state index in [2.05, 4.69) is 88.7 Å². The summed E-state index contributed by atoms with van der Waals surface area (Å²) in [4.78, 5) is 16.9. The first-order valence-corrected chi connectivity index (χ1v) is 16.7. The maximum absolute atomic E-state index is 13.8. The molecule has 0 spiro atoms. The quantitative estimate of drug-likeness (QED) is 0.289. The van der Waals surface area contributed by atoms with Gasteiger partial charge in [0.1, 0.15) is 11.0 Å². The van der Waals surface area contributed by atoms with Crippen LogP contribution in [0.5, 0.6) is 5.75 Å². The van der Waals surface area contributed by atoms with E-state index in [9.17, 15) is 4.79 Å². The number of likely N-dealkylation sites (N-methyl/N-ethyl adjacent to an activating group) is 1. The van der Waals surface area contributed by atoms with E-state index in [0.717, 1.165) is 39.4 Å². The lowest BCUT2D eigenvalue weighted by atomic mass is 10.0. The van der Waals surface area contributed by atoms with Crippen LogP contribution in [0.1, 0.15) is 45.4 Å². The average molecular weight is 525 g/mol. The van der Waals surface area contributed by atoms with Crippen molar-refractivity contribution in [1.82, 2.24) is 9.47 Å². The number of amides is 1. The van der Waals surface area contributed by atoms with Crippen molar-refractivity contribution in [2.45, 2.75) is 69.4 Å². The van der Waals surface area contributed by atoms with E-state index in [1.54, 1.807) is 18.9 Å². The normalized spacial score (nSPS) is 15.5. The lowest BCUT2D eigenvalue weighted by Crippen LogP contribution is -2.41. The Kier molecular flexibility index (Phi) is 7.65. The molecule has 0 bridgehead atoms. The number of fused-ring (bicyclic) bond motifs is 5. The molecule has 0 N–H and O–H groups in total. The van der Waals surface area contributed by atoms with E-state index in [1.165, 1.54) is 5.56 Å². The number of nitrogens with zero attached hydrogens (tertiary/aromatic N) is 2. The summed E-state index contributed by atoms with van der Waals surface area (Å²) in [6.45, 7) is 18.3. The Labute approximate surface area is 221 Å². The smallest absolute Gasteiger partial charge is 0.240 e. The molecule has 0 aliphatic carbocycles. The van der Waals surface area contributed by atoms with Gasteiger partial charge in [-0.05, 0) is 50.2 Å². The number of carbonyl (C=O) groups excluding carboxylic acids is 1. The van der Waals surface area contributed by atoms with Crippen LogP contribution in [0.25, 0.3) is 22.2 Å². The van der Waals surface area contributed by atoms with Gasteiger partial charge in [0.2, 0.25) is 5.91 Å². The Morgan fingerprint density at radius 3 is 2.44 bits per heavy atom. The number of ether oxygens (including phenoxy) is 1. The lowest BCUT2D eigenvalue weighted by Gasteiger charge is -2.36. The van der Waals surface area contributed by atoms with E-state index in [-0.39, 0.29) is 16.2 Å². The minimum atomic E-state index is -1.89. The molecule has 194 valence electrons. The van der Waals surface area contributed by atoms with Crippen LogP contribution in [0.4, 0.5) is 0 Å². The summed E-state index contributed by atoms with van der Waals surface area (Å²) in [5.74, 6) is 0.990. The van der Waals surface area contributed by atoms with Gasteiger partial charge in [-0.25, -0.2) is 0 Å². The fourth-order valence-corrected chi connectivity index (χ4v) is 7.05. The number of methoxy groups -OCH3 is 1. The Balaban J connectivity index is 1.89. The second kappa shape index (κ2) is 10.3. The van der Waals surface area contributed by atoms with Gasteiger partial charge in [-0.3, -0.25) is 4.79 Å². The first-order chi connectivity index (χ1) is 17.0. The first kappa shape index (κ1) is 26.8. The standard InChI is InChI=1S/C29H40N2O3SSi/c1-9-30(10-2)28(32)27-25-21-16-15-20(33-6)19-23(21)31(17-18-34-36(7,8)29(3,4)5)26(25)22-13-11-12-14-24(22)35-27/h11-16,19,27H,9-10,17-18H2,1-8H3. The third kappa shape index (κ3) is 4.73. The molecule has 0 saturated heterocycles. The van der Waals surface area contributed by atoms with Crippen molar-refractivity contribution < 1.29 is 14.0 Å². The van der Waals surface area contributed by atoms with Crippen molar-refractivity contribution in [2.75, 3.05) is 26.8 Å². The zero-order valence-corrected chi connectivity index (χ0v) is 24.8. The van der Waals surface area contributed by atoms with E-state index in [4.69, 9.17) is 9.16 Å². The zero-order chi connectivity index (χ0) is 26.3. The van der Waals surface area contributed by atoms with Crippen LogP contribution >= 0.6 is 11.8 Å². The fraction of sp³-hybridized carbons (Fsp3) is 0.483. The van der Waals surface area contributed by atoms with Gasteiger partial charge in [0.25, 0.3) is 0 Å². The van der Waals surface area contributed by atoms with Gasteiger partial charge in [0.05, 0.1) is 24.9 Å². The Morgan fingerprint density at radius 2 is 1.81 bits per heavy atom. The molecule has 1 unspecified atom stereocenters. The molecular weight excluding hydrogens is 484 g/mol. The van der Waals surface area contributed by atoms with Gasteiger partial charge in [-0.2, -0.15) is 0 Å². The molecule has 4 rings (SSSR count). The first-order valence-electron chi connectivity index (χ1n) is 12.9. The molecule has 2 aromatic carbocycles. The highest BCUT2D eigenvalue weighted by atomic mass is 32.2. The summed E-state index contributed by atoms with van der Waals surface area (Å²) < 4.78 is 14.6. The molecule has 1 aromatic heterocycles. The molecule has 0 radical (unpaired) electrons. The third-order valence-electron chi connectivity index (χ3n) is 7.84. The molecule has 7 heteroatoms. The monoisotopic (exact) mass is 524 g/mol. The summed E-state index contributed by atoms with van der Waals surface area (Å²) >= 11 is 1.68. The predicted molar refractivity (Wildman–Crippen MR) is 154 cm³/mol. The molecule has 5 nitrogen and oxygen atoms in total. The van der Waals surface area contributed by atoms with Crippen LogP contribution in [-0.4, -0.2) is 50.5 Å². The minimum Gasteiger partial charge on any atom is -0.497 e. The highest BCUT2D eigenvalue weighted by Crippen LogP contribution is 2.53. The largest absolute Gasteiger partial charge is 0.497 e. The van der Waals surface area contributed by atoms with Crippen molar-refractivity contribution in [3.63, 3.8) is 0 Å². The average Bonchev–Trinajstić information content (AvgIpc) is 3.17. The van der Waals surface area contributed by atoms with Gasteiger partial charge in [-0.1, -0.05) is 39.0 Å². The van der Waals surface area contributed by atoms with Crippen molar-refractivity contribution in [2.24, 2.45) is 0 Å². The number of hydrogen-bond donors (Lipinski definition) is 0. The van der Waals surface area contributed by atoms with Crippen molar-refractivity contribution in [1.29, 1.82) is 0 Å². The molecule has 1 amide bonds. The summed E-state index contributed by atoms with van der Waals surface area (Å²) in [7, 11) is -0.189. The zero-order valence-electron chi connectivity index (χ0n) is 23.0. The third-order valence-corrected chi connectivity index (χ3v) is 13.7. The van der Waals surface area contributed by atoms with E-state index < -0.39 is 8.32 Å². The Morgan fingerprint density at radius 1 is 1.11 bits per heavy atom. The number of rotatable bonds is 8. The maximum Gasteiger partial charge on any atom is 0.240 e. The molecule has 1 atom stereocenters. The summed E-state index contributed by atoms with van der Waals surface area (Å²) in [5, 5.41) is 0.984. The van der Waals surface area contributed by atoms with Crippen LogP contribution in [-0.2, 0) is 15.8 Å². The van der Waals surface area contributed by atoms with E-state index in [1.807, 2.05) is 11.0 Å². The number of aromatic nitrogens is 1. The molecule has 0 fully saturated rings. The van der Waals surface area contributed by atoms with Gasteiger partial charge in [0, 0.05) is 47.1 Å². The molecule has 36 heavy (non-hydrogen) atoms. The van der Waals surface area contributed by atoms with Crippen molar-refractivity contribution in [3.05, 3.63) is 48.0 Å². The van der Waals surface area contributed by atoms with Crippen LogP contribution in [0.2, 0.25) is 18.1 Å². The molecular formula is C29H40N2O3SSi. The van der Waals surface area contributed by atoms with Gasteiger partial charge < -0.3 is 18.6 Å². The highest BCUT2D eigenvalue weighted by Gasteiger charge is 2.39. The van der Waals surface area contributed by atoms with E-state index >= 15 is 0 Å². The fourth-order valence-electron chi connectivity index (χ4n) is 4.71. The molecule has 2 heterocycles. The number of carbonyl (C=O) groups is 1. The number of benzene rings is 2. The van der Waals surface area contributed by atoms with Crippen LogP contribution < -0.4 is 4.74 Å². The maximum atomic E-state index is 13.8. The predicted octanol–water partition coefficient (Wildman–Crippen LogP) is 7.35. The van der Waals surface area contributed by atoms with E-state index in [0.29, 0.717) is 19.7 Å². The van der Waals surface area contributed by atoms with Crippen LogP contribution in [0.15, 0.2) is 47.4 Å². The second-order valence-corrected chi connectivity index (χ2v) is 16.9. The van der Waals surface area contributed by atoms with Crippen LogP contribution in [0.3, 0.4) is 0 Å². The van der Waals surface area contributed by atoms with Gasteiger partial charge in [-0.15, -0.1) is 11.8 Å². The highest BCUT2D eigenvalue weighted by molar-refractivity contribution is 8.00. The SMILES string of the molecule is CCN(CC)C(=O)C1Sc2ccccc2-c2c1c1ccc(OC)cc1n2CCO[Si](C)(C)C(C)(C)C. The van der Waals surface area contributed by atoms with Crippen molar-refractivity contribution >= 4 is 36.9 Å². The summed E-state index contributed by atoms with van der Waals surface area (Å²) in [5.41, 5.74) is 4.52.